The maximum Gasteiger partial charge on any atom is 0.312 e. The van der Waals surface area contributed by atoms with Gasteiger partial charge >= 0.3 is 11.8 Å². The minimum absolute atomic E-state index is 0.000725. The van der Waals surface area contributed by atoms with Gasteiger partial charge in [-0.1, -0.05) is 45.9 Å². The molecule has 5 aliphatic rings. The maximum atomic E-state index is 15.1. The van der Waals surface area contributed by atoms with Gasteiger partial charge in [0, 0.05) is 87.6 Å². The molecular formula is C48H59N3O13. The number of allylic oxidation sites excluding steroid dienone is 4. The Kier molecular flexibility index (Phi) is 14.1. The van der Waals surface area contributed by atoms with Crippen molar-refractivity contribution < 1.29 is 63.0 Å². The second kappa shape index (κ2) is 19.0. The number of benzene rings is 2. The monoisotopic (exact) mass is 885 g/mol. The second-order valence-corrected chi connectivity index (χ2v) is 17.2. The van der Waals surface area contributed by atoms with E-state index in [1.807, 2.05) is 24.3 Å². The van der Waals surface area contributed by atoms with Crippen LogP contribution in [0.15, 0.2) is 71.8 Å². The minimum atomic E-state index is -2.09. The molecule has 1 fully saturated rings. The van der Waals surface area contributed by atoms with Crippen LogP contribution in [-0.4, -0.2) is 120 Å². The number of hydrogen-bond donors (Lipinski definition) is 4. The summed E-state index contributed by atoms with van der Waals surface area (Å²) >= 11 is 0. The number of methoxy groups -OCH3 is 2. The molecule has 4 aliphatic heterocycles. The zero-order valence-corrected chi connectivity index (χ0v) is 38.0. The third-order valence-electron chi connectivity index (χ3n) is 13.0. The van der Waals surface area contributed by atoms with Crippen molar-refractivity contribution in [3.63, 3.8) is 0 Å². The first-order chi connectivity index (χ1) is 30.3. The van der Waals surface area contributed by atoms with Crippen molar-refractivity contribution in [2.75, 3.05) is 45.3 Å². The molecule has 0 spiro atoms. The number of hydrogen-bond acceptors (Lipinski definition) is 15. The van der Waals surface area contributed by atoms with Crippen LogP contribution in [0.2, 0.25) is 0 Å². The van der Waals surface area contributed by atoms with Crippen molar-refractivity contribution in [2.45, 2.75) is 85.6 Å². The Balaban J connectivity index is 1.46. The van der Waals surface area contributed by atoms with E-state index in [1.165, 1.54) is 53.2 Å². The first-order valence-corrected chi connectivity index (χ1v) is 21.4. The molecule has 1 saturated heterocycles. The number of fused-ring (bicyclic) bond motifs is 14. The lowest BCUT2D eigenvalue weighted by Gasteiger charge is -2.39. The number of rotatable bonds is 5. The van der Waals surface area contributed by atoms with Crippen LogP contribution in [-0.2, 0) is 23.8 Å². The molecule has 2 aromatic rings. The maximum absolute atomic E-state index is 15.1. The third kappa shape index (κ3) is 8.91. The van der Waals surface area contributed by atoms with Crippen LogP contribution in [0.1, 0.15) is 85.1 Å². The van der Waals surface area contributed by atoms with E-state index in [1.54, 1.807) is 51.9 Å². The van der Waals surface area contributed by atoms with Crippen molar-refractivity contribution in [2.24, 2.45) is 23.7 Å². The Labute approximate surface area is 373 Å². The first kappa shape index (κ1) is 47.5. The fourth-order valence-corrected chi connectivity index (χ4v) is 8.96. The summed E-state index contributed by atoms with van der Waals surface area (Å²) in [7, 11) is 3.01. The molecule has 4 heterocycles. The smallest absolute Gasteiger partial charge is 0.312 e. The van der Waals surface area contributed by atoms with Gasteiger partial charge in [-0.25, -0.2) is 0 Å². The lowest BCUT2D eigenvalue weighted by molar-refractivity contribution is -0.160. The summed E-state index contributed by atoms with van der Waals surface area (Å²) in [5.41, 5.74) is -0.540. The highest BCUT2D eigenvalue weighted by atomic mass is 16.7. The van der Waals surface area contributed by atoms with E-state index in [0.29, 0.717) is 18.8 Å². The number of piperazine rings is 1. The molecule has 16 heteroatoms. The van der Waals surface area contributed by atoms with Gasteiger partial charge in [0.05, 0.1) is 48.4 Å². The van der Waals surface area contributed by atoms with Crippen LogP contribution >= 0.6 is 0 Å². The minimum Gasteiger partial charge on any atom is -0.507 e. The summed E-state index contributed by atoms with van der Waals surface area (Å²) < 4.78 is 29.0. The van der Waals surface area contributed by atoms with E-state index in [4.69, 9.17) is 23.7 Å². The van der Waals surface area contributed by atoms with Crippen molar-refractivity contribution in [3.8, 4) is 17.2 Å². The topological polar surface area (TPSA) is 211 Å². The zero-order chi connectivity index (χ0) is 46.9. The van der Waals surface area contributed by atoms with E-state index in [9.17, 15) is 34.5 Å². The number of anilines is 1. The molecule has 4 N–H and O–H groups in total. The number of nitrogens with one attached hydrogen (secondary N) is 1. The molecule has 16 nitrogen and oxygen atoms in total. The molecule has 0 aromatic heterocycles. The largest absolute Gasteiger partial charge is 0.507 e. The number of aromatic hydroxyl groups is 1. The number of nitrogens with zero attached hydrogens (tertiary/aromatic N) is 2. The van der Waals surface area contributed by atoms with E-state index in [0.717, 1.165) is 5.69 Å². The van der Waals surface area contributed by atoms with Crippen LogP contribution in [0, 0.1) is 30.6 Å². The number of Topliss-reactive ketones (excluding diaryl/α,β-unsaturated/α-hetero) is 3. The number of ketones is 3. The lowest BCUT2D eigenvalue weighted by Crippen LogP contribution is -2.50. The number of phenolic OH excluding ortho intramolecular Hbond substituents is 1. The fourth-order valence-electron chi connectivity index (χ4n) is 8.96. The van der Waals surface area contributed by atoms with Crippen molar-refractivity contribution in [3.05, 3.63) is 94.1 Å². The predicted octanol–water partition coefficient (Wildman–Crippen LogP) is 4.79. The van der Waals surface area contributed by atoms with Gasteiger partial charge in [-0.3, -0.25) is 24.0 Å². The highest BCUT2D eigenvalue weighted by molar-refractivity contribution is 6.32. The van der Waals surface area contributed by atoms with Crippen LogP contribution in [0.25, 0.3) is 0 Å². The number of phenols is 1. The summed E-state index contributed by atoms with van der Waals surface area (Å²) in [6, 6.07) is 7.51. The Morgan fingerprint density at radius 2 is 1.48 bits per heavy atom. The molecule has 5 bridgehead atoms. The molecule has 0 unspecified atom stereocenters. The van der Waals surface area contributed by atoms with E-state index in [2.05, 4.69) is 10.2 Å². The molecule has 0 saturated carbocycles. The number of carbonyl (C=O) groups is 5. The van der Waals surface area contributed by atoms with Gasteiger partial charge in [-0.05, 0) is 44.2 Å². The molecule has 2 aromatic carbocycles. The van der Waals surface area contributed by atoms with Crippen LogP contribution in [0.4, 0.5) is 5.69 Å². The summed E-state index contributed by atoms with van der Waals surface area (Å²) in [6.07, 6.45) is 3.44. The average molecular weight is 886 g/mol. The van der Waals surface area contributed by atoms with Gasteiger partial charge in [0.25, 0.3) is 11.7 Å². The molecule has 64 heavy (non-hydrogen) atoms. The van der Waals surface area contributed by atoms with Crippen molar-refractivity contribution in [1.82, 2.24) is 10.2 Å². The third-order valence-corrected chi connectivity index (χ3v) is 13.0. The summed E-state index contributed by atoms with van der Waals surface area (Å²) in [6.45, 7) is 13.8. The van der Waals surface area contributed by atoms with Crippen LogP contribution < -0.4 is 19.7 Å². The van der Waals surface area contributed by atoms with Crippen LogP contribution in [0.3, 0.4) is 0 Å². The van der Waals surface area contributed by atoms with E-state index >= 15 is 4.79 Å². The average Bonchev–Trinajstić information content (AvgIpc) is 3.54. The highest BCUT2D eigenvalue weighted by Crippen LogP contribution is 2.49. The van der Waals surface area contributed by atoms with Gasteiger partial charge in [-0.15, -0.1) is 0 Å². The van der Waals surface area contributed by atoms with Crippen LogP contribution in [0.5, 0.6) is 17.2 Å². The van der Waals surface area contributed by atoms with Gasteiger partial charge < -0.3 is 54.1 Å². The second-order valence-electron chi connectivity index (χ2n) is 17.2. The van der Waals surface area contributed by atoms with Crippen molar-refractivity contribution in [1.29, 1.82) is 0 Å². The molecule has 344 valence electrons. The van der Waals surface area contributed by atoms with Crippen molar-refractivity contribution >= 4 is 34.9 Å². The number of esters is 1. The number of carbonyl (C=O) groups excluding carboxylic acids is 5. The molecular weight excluding hydrogens is 827 g/mol. The normalized spacial score (nSPS) is 29.3. The Hall–Kier alpha value is -5.97. The number of ether oxygens (including phenoxy) is 5. The Morgan fingerprint density at radius 3 is 2.09 bits per heavy atom. The zero-order valence-electron chi connectivity index (χ0n) is 38.0. The molecule has 1 amide bonds. The fraction of sp³-hybridized carbons (Fsp3) is 0.479. The molecule has 9 atom stereocenters. The van der Waals surface area contributed by atoms with E-state index in [-0.39, 0.29) is 52.5 Å². The Bertz CT molecular complexity index is 2310. The Morgan fingerprint density at radius 1 is 0.844 bits per heavy atom. The van der Waals surface area contributed by atoms with Gasteiger partial charge in [0.2, 0.25) is 11.6 Å². The number of aliphatic hydroxyl groups is 2. The number of aliphatic hydroxyl groups excluding tert-OH is 2. The predicted molar refractivity (Wildman–Crippen MR) is 235 cm³/mol. The summed E-state index contributed by atoms with van der Waals surface area (Å²) in [4.78, 5) is 74.5. The molecule has 0 radical (unpaired) electrons. The van der Waals surface area contributed by atoms with Gasteiger partial charge in [0.15, 0.2) is 0 Å². The van der Waals surface area contributed by atoms with Gasteiger partial charge in [-0.2, -0.15) is 0 Å². The SMILES string of the molecule is COc1ccc(N2CCN(C3=C4NC(=O)C(C)=CC=C[C@H](C)[C@H](O)[C@@H](C)[C@H](O)[C@H](C)[C@H](OC(C)=O)[C@H](C)[C@@H](OC)C=CO[C@@]5(C)Oc6c(C)c(O)c(c(c6C5=O)C3=O)C4=O)CC2)cc1. The lowest BCUT2D eigenvalue weighted by atomic mass is 9.78. The van der Waals surface area contributed by atoms with E-state index < -0.39 is 94.4 Å². The highest BCUT2D eigenvalue weighted by Gasteiger charge is 2.53. The standard InChI is InChI=1S/C48H59N3O13/c1-24-12-11-13-25(2)47(59)49-37-38(51-21-19-50(20-22-51)31-14-16-32(60-9)17-15-31)43(57)34-35(42(37)56)41(55)29(6)45-36(34)46(58)48(8,64-45)62-23-18-33(61-10)26(3)44(63-30(7)52)28(5)40(54)27(4)39(24)53/h11-18,23-24,26-28,33,39-40,44,53-55H,19-22H2,1-10H3,(H,49,59)/t24-,26+,27+,28-,33-,39-,40-,44+,48-/m0/s1. The quantitative estimate of drug-likeness (QED) is 0.298. The summed E-state index contributed by atoms with van der Waals surface area (Å²) in [5, 5.41) is 37.3. The molecule has 1 aliphatic carbocycles. The van der Waals surface area contributed by atoms with Gasteiger partial charge in [0.1, 0.15) is 34.7 Å². The first-order valence-electron chi connectivity index (χ1n) is 21.4. The molecule has 7 rings (SSSR count). The summed E-state index contributed by atoms with van der Waals surface area (Å²) in [5.74, 6) is -8.47. The number of amides is 1.